The Labute approximate surface area is 173 Å². The summed E-state index contributed by atoms with van der Waals surface area (Å²) in [5.74, 6) is -0.428. The first-order valence-electron chi connectivity index (χ1n) is 9.31. The highest BCUT2D eigenvalue weighted by molar-refractivity contribution is 7.89. The summed E-state index contributed by atoms with van der Waals surface area (Å²) in [6, 6.07) is 11.3. The highest BCUT2D eigenvalue weighted by Crippen LogP contribution is 2.21. The molecule has 1 unspecified atom stereocenters. The number of rotatable bonds is 7. The van der Waals surface area contributed by atoms with E-state index in [-0.39, 0.29) is 29.3 Å². The summed E-state index contributed by atoms with van der Waals surface area (Å²) in [7, 11) is -3.72. The molecule has 0 radical (unpaired) electrons. The maximum Gasteiger partial charge on any atom is 0.387 e. The van der Waals surface area contributed by atoms with Crippen molar-refractivity contribution in [1.29, 1.82) is 0 Å². The van der Waals surface area contributed by atoms with E-state index >= 15 is 0 Å². The van der Waals surface area contributed by atoms with Gasteiger partial charge in [-0.15, -0.1) is 0 Å². The third-order valence-electron chi connectivity index (χ3n) is 4.66. The molecule has 1 aliphatic rings. The first-order valence-corrected chi connectivity index (χ1v) is 10.7. The van der Waals surface area contributed by atoms with Gasteiger partial charge in [0.25, 0.3) is 5.91 Å². The van der Waals surface area contributed by atoms with Gasteiger partial charge in [0.15, 0.2) is 0 Å². The summed E-state index contributed by atoms with van der Waals surface area (Å²) in [5.41, 5.74) is 0.885. The average molecular weight is 440 g/mol. The maximum absolute atomic E-state index is 12.8. The van der Waals surface area contributed by atoms with Crippen molar-refractivity contribution < 1.29 is 31.5 Å². The number of nitrogens with one attached hydrogen (secondary N) is 1. The van der Waals surface area contributed by atoms with Gasteiger partial charge in [-0.1, -0.05) is 18.2 Å². The molecular weight excluding hydrogens is 418 g/mol. The second-order valence-electron chi connectivity index (χ2n) is 6.69. The minimum atomic E-state index is -3.72. The monoisotopic (exact) mass is 440 g/mol. The van der Waals surface area contributed by atoms with Crippen LogP contribution < -0.4 is 10.1 Å². The Morgan fingerprint density at radius 2 is 1.80 bits per heavy atom. The van der Waals surface area contributed by atoms with Crippen molar-refractivity contribution in [2.45, 2.75) is 24.5 Å². The Hall–Kier alpha value is -2.56. The quantitative estimate of drug-likeness (QED) is 0.716. The van der Waals surface area contributed by atoms with Gasteiger partial charge < -0.3 is 14.8 Å². The Kier molecular flexibility index (Phi) is 7.01. The summed E-state index contributed by atoms with van der Waals surface area (Å²) in [4.78, 5) is 12.7. The first kappa shape index (κ1) is 22.1. The Morgan fingerprint density at radius 3 is 2.43 bits per heavy atom. The number of alkyl halides is 2. The lowest BCUT2D eigenvalue weighted by molar-refractivity contribution is -0.0498. The molecule has 0 aliphatic carbocycles. The van der Waals surface area contributed by atoms with Crippen LogP contribution in [-0.2, 0) is 14.8 Å². The highest BCUT2D eigenvalue weighted by atomic mass is 32.2. The van der Waals surface area contributed by atoms with Crippen LogP contribution in [0.2, 0.25) is 0 Å². The van der Waals surface area contributed by atoms with Crippen LogP contribution in [-0.4, -0.2) is 51.5 Å². The fourth-order valence-corrected chi connectivity index (χ4v) is 4.49. The van der Waals surface area contributed by atoms with Crippen molar-refractivity contribution >= 4 is 15.9 Å². The second kappa shape index (κ2) is 9.50. The van der Waals surface area contributed by atoms with Gasteiger partial charge in [0, 0.05) is 18.7 Å². The molecule has 0 saturated carbocycles. The van der Waals surface area contributed by atoms with Gasteiger partial charge in [-0.2, -0.15) is 13.1 Å². The molecule has 1 fully saturated rings. The van der Waals surface area contributed by atoms with Gasteiger partial charge >= 0.3 is 6.61 Å². The SMILES string of the molecule is CC(NC(=O)c1cccc(S(=O)(=O)N2CCOCC2)c1)c1ccc(OC(F)F)cc1. The van der Waals surface area contributed by atoms with Gasteiger partial charge in [-0.05, 0) is 42.8 Å². The molecule has 7 nitrogen and oxygen atoms in total. The van der Waals surface area contributed by atoms with E-state index in [4.69, 9.17) is 4.74 Å². The van der Waals surface area contributed by atoms with E-state index in [1.54, 1.807) is 19.1 Å². The number of nitrogens with zero attached hydrogens (tertiary/aromatic N) is 1. The molecule has 0 bridgehead atoms. The molecule has 0 spiro atoms. The van der Waals surface area contributed by atoms with Gasteiger partial charge in [0.05, 0.1) is 24.2 Å². The standard InChI is InChI=1S/C20H22F2N2O5S/c1-14(15-5-7-17(8-6-15)29-20(21)22)23-19(25)16-3-2-4-18(13-16)30(26,27)24-9-11-28-12-10-24/h2-8,13-14,20H,9-12H2,1H3,(H,23,25). The largest absolute Gasteiger partial charge is 0.435 e. The highest BCUT2D eigenvalue weighted by Gasteiger charge is 2.27. The van der Waals surface area contributed by atoms with Crippen LogP contribution in [0, 0.1) is 0 Å². The van der Waals surface area contributed by atoms with E-state index in [0.717, 1.165) is 0 Å². The maximum atomic E-state index is 12.8. The van der Waals surface area contributed by atoms with E-state index in [0.29, 0.717) is 18.8 Å². The normalized spacial score (nSPS) is 16.3. The number of hydrogen-bond acceptors (Lipinski definition) is 5. The summed E-state index contributed by atoms with van der Waals surface area (Å²) >= 11 is 0. The van der Waals surface area contributed by atoms with Crippen molar-refractivity contribution in [3.05, 3.63) is 59.7 Å². The third kappa shape index (κ3) is 5.32. The fraction of sp³-hybridized carbons (Fsp3) is 0.350. The second-order valence-corrected chi connectivity index (χ2v) is 8.62. The predicted octanol–water partition coefficient (Wildman–Crippen LogP) is 2.80. The Morgan fingerprint density at radius 1 is 1.13 bits per heavy atom. The Bertz CT molecular complexity index is 977. The van der Waals surface area contributed by atoms with E-state index in [2.05, 4.69) is 10.1 Å². The summed E-state index contributed by atoms with van der Waals surface area (Å²) < 4.78 is 60.9. The number of hydrogen-bond donors (Lipinski definition) is 1. The third-order valence-corrected chi connectivity index (χ3v) is 6.55. The molecule has 2 aromatic rings. The number of ether oxygens (including phenoxy) is 2. The number of halogens is 2. The van der Waals surface area contributed by atoms with E-state index < -0.39 is 28.6 Å². The van der Waals surface area contributed by atoms with Crippen molar-refractivity contribution in [2.24, 2.45) is 0 Å². The molecule has 1 aliphatic heterocycles. The van der Waals surface area contributed by atoms with Crippen LogP contribution in [0.4, 0.5) is 8.78 Å². The van der Waals surface area contributed by atoms with Crippen molar-refractivity contribution in [1.82, 2.24) is 9.62 Å². The lowest BCUT2D eigenvalue weighted by Gasteiger charge is -2.26. The van der Waals surface area contributed by atoms with E-state index in [9.17, 15) is 22.0 Å². The van der Waals surface area contributed by atoms with Crippen LogP contribution in [0.5, 0.6) is 5.75 Å². The smallest absolute Gasteiger partial charge is 0.387 e. The number of carbonyl (C=O) groups excluding carboxylic acids is 1. The number of amides is 1. The van der Waals surface area contributed by atoms with Crippen LogP contribution in [0.25, 0.3) is 0 Å². The number of benzene rings is 2. The van der Waals surface area contributed by atoms with Gasteiger partial charge in [0.2, 0.25) is 10.0 Å². The lowest BCUT2D eigenvalue weighted by Crippen LogP contribution is -2.40. The molecule has 30 heavy (non-hydrogen) atoms. The molecule has 10 heteroatoms. The van der Waals surface area contributed by atoms with Crippen LogP contribution in [0.1, 0.15) is 28.9 Å². The minimum Gasteiger partial charge on any atom is -0.435 e. The molecule has 162 valence electrons. The Balaban J connectivity index is 1.70. The molecule has 1 N–H and O–H groups in total. The molecular formula is C20H22F2N2O5S. The topological polar surface area (TPSA) is 84.9 Å². The van der Waals surface area contributed by atoms with Crippen molar-refractivity contribution in [3.8, 4) is 5.75 Å². The average Bonchev–Trinajstić information content (AvgIpc) is 2.74. The van der Waals surface area contributed by atoms with E-state index in [1.165, 1.54) is 40.7 Å². The molecule has 1 saturated heterocycles. The minimum absolute atomic E-state index is 0.0216. The van der Waals surface area contributed by atoms with E-state index in [1.807, 2.05) is 0 Å². The van der Waals surface area contributed by atoms with Crippen LogP contribution in [0.3, 0.4) is 0 Å². The molecule has 0 aromatic heterocycles. The molecule has 1 atom stereocenters. The molecule has 2 aromatic carbocycles. The molecule has 1 heterocycles. The zero-order valence-electron chi connectivity index (χ0n) is 16.3. The van der Waals surface area contributed by atoms with Crippen LogP contribution >= 0.6 is 0 Å². The zero-order chi connectivity index (χ0) is 21.7. The van der Waals surface area contributed by atoms with Gasteiger partial charge in [-0.3, -0.25) is 4.79 Å². The number of morpholine rings is 1. The first-order chi connectivity index (χ1) is 14.3. The summed E-state index contributed by atoms with van der Waals surface area (Å²) in [6.45, 7) is 0.0157. The summed E-state index contributed by atoms with van der Waals surface area (Å²) in [5, 5.41) is 2.77. The van der Waals surface area contributed by atoms with Crippen LogP contribution in [0.15, 0.2) is 53.4 Å². The summed E-state index contributed by atoms with van der Waals surface area (Å²) in [6.07, 6.45) is 0. The molecule has 1 amide bonds. The number of carbonyl (C=O) groups is 1. The number of sulfonamides is 1. The molecule has 3 rings (SSSR count). The predicted molar refractivity (Wildman–Crippen MR) is 105 cm³/mol. The van der Waals surface area contributed by atoms with Crippen molar-refractivity contribution in [3.63, 3.8) is 0 Å². The van der Waals surface area contributed by atoms with Crippen molar-refractivity contribution in [2.75, 3.05) is 26.3 Å². The fourth-order valence-electron chi connectivity index (χ4n) is 3.04. The van der Waals surface area contributed by atoms with Gasteiger partial charge in [0.1, 0.15) is 5.75 Å². The van der Waals surface area contributed by atoms with Gasteiger partial charge in [-0.25, -0.2) is 8.42 Å². The zero-order valence-corrected chi connectivity index (χ0v) is 17.1. The lowest BCUT2D eigenvalue weighted by atomic mass is 10.1.